The highest BCUT2D eigenvalue weighted by molar-refractivity contribution is 5.80. The summed E-state index contributed by atoms with van der Waals surface area (Å²) in [7, 11) is 0. The molecule has 1 heterocycles. The van der Waals surface area contributed by atoms with Crippen LogP contribution < -0.4 is 10.1 Å². The predicted octanol–water partition coefficient (Wildman–Crippen LogP) is 2.34. The second-order valence-corrected chi connectivity index (χ2v) is 7.09. The Morgan fingerprint density at radius 1 is 1.00 bits per heavy atom. The summed E-state index contributed by atoms with van der Waals surface area (Å²) in [6, 6.07) is 17.9. The van der Waals surface area contributed by atoms with Gasteiger partial charge in [-0.25, -0.2) is 4.99 Å². The van der Waals surface area contributed by atoms with Crippen molar-refractivity contribution in [2.45, 2.75) is 20.1 Å². The Bertz CT molecular complexity index is 758. The van der Waals surface area contributed by atoms with Crippen molar-refractivity contribution in [1.29, 1.82) is 0 Å². The minimum absolute atomic E-state index is 0.0476. The Labute approximate surface area is 173 Å². The van der Waals surface area contributed by atoms with E-state index < -0.39 is 0 Å². The van der Waals surface area contributed by atoms with Crippen LogP contribution in [0.2, 0.25) is 0 Å². The minimum Gasteiger partial charge on any atom is -0.492 e. The summed E-state index contributed by atoms with van der Waals surface area (Å²) in [5.74, 6) is 1.87. The van der Waals surface area contributed by atoms with E-state index in [-0.39, 0.29) is 6.61 Å². The highest BCUT2D eigenvalue weighted by atomic mass is 16.5. The molecular formula is C23H32N4O2. The number of aliphatic imine (C=N–C) groups is 1. The van der Waals surface area contributed by atoms with E-state index in [1.807, 2.05) is 54.6 Å². The van der Waals surface area contributed by atoms with Crippen molar-refractivity contribution < 1.29 is 9.84 Å². The van der Waals surface area contributed by atoms with E-state index in [1.165, 1.54) is 0 Å². The number of aliphatic hydroxyl groups excluding tert-OH is 1. The maximum absolute atomic E-state index is 9.52. The van der Waals surface area contributed by atoms with Gasteiger partial charge in [-0.2, -0.15) is 0 Å². The molecule has 3 rings (SSSR count). The Morgan fingerprint density at radius 3 is 2.38 bits per heavy atom. The topological polar surface area (TPSA) is 60.3 Å². The summed E-state index contributed by atoms with van der Waals surface area (Å²) in [5, 5.41) is 12.9. The van der Waals surface area contributed by atoms with Gasteiger partial charge in [0.05, 0.1) is 13.2 Å². The normalized spacial score (nSPS) is 15.4. The molecule has 0 atom stereocenters. The largest absolute Gasteiger partial charge is 0.492 e. The first-order chi connectivity index (χ1) is 14.3. The number of piperazine rings is 1. The Balaban J connectivity index is 1.48. The van der Waals surface area contributed by atoms with Gasteiger partial charge in [0.15, 0.2) is 5.96 Å². The lowest BCUT2D eigenvalue weighted by Crippen LogP contribution is -2.53. The molecule has 1 saturated heterocycles. The van der Waals surface area contributed by atoms with Crippen LogP contribution in [0.5, 0.6) is 5.75 Å². The maximum Gasteiger partial charge on any atom is 0.194 e. The molecule has 2 N–H and O–H groups in total. The van der Waals surface area contributed by atoms with Gasteiger partial charge in [0.1, 0.15) is 12.4 Å². The molecule has 1 fully saturated rings. The summed E-state index contributed by atoms with van der Waals surface area (Å²) >= 11 is 0. The van der Waals surface area contributed by atoms with Gasteiger partial charge in [0.2, 0.25) is 0 Å². The van der Waals surface area contributed by atoms with E-state index in [1.54, 1.807) is 0 Å². The van der Waals surface area contributed by atoms with E-state index in [0.29, 0.717) is 13.2 Å². The van der Waals surface area contributed by atoms with Gasteiger partial charge in [0, 0.05) is 39.3 Å². The van der Waals surface area contributed by atoms with Gasteiger partial charge in [-0.05, 0) is 30.2 Å². The second kappa shape index (κ2) is 11.4. The zero-order chi connectivity index (χ0) is 20.3. The first-order valence-corrected chi connectivity index (χ1v) is 10.4. The SMILES string of the molecule is CCNC(=NCc1ccccc1CO)N1CCN(CCOc2ccccc2)CC1. The van der Waals surface area contributed by atoms with Crippen molar-refractivity contribution in [1.82, 2.24) is 15.1 Å². The zero-order valence-corrected chi connectivity index (χ0v) is 17.3. The van der Waals surface area contributed by atoms with Crippen LogP contribution >= 0.6 is 0 Å². The molecule has 29 heavy (non-hydrogen) atoms. The monoisotopic (exact) mass is 396 g/mol. The molecule has 6 heteroatoms. The lowest BCUT2D eigenvalue weighted by atomic mass is 10.1. The van der Waals surface area contributed by atoms with Gasteiger partial charge in [-0.15, -0.1) is 0 Å². The Hall–Kier alpha value is -2.57. The van der Waals surface area contributed by atoms with E-state index in [9.17, 15) is 5.11 Å². The number of nitrogens with one attached hydrogen (secondary N) is 1. The highest BCUT2D eigenvalue weighted by Gasteiger charge is 2.19. The lowest BCUT2D eigenvalue weighted by Gasteiger charge is -2.36. The van der Waals surface area contributed by atoms with Gasteiger partial charge >= 0.3 is 0 Å². The smallest absolute Gasteiger partial charge is 0.194 e. The van der Waals surface area contributed by atoms with E-state index >= 15 is 0 Å². The number of guanidine groups is 1. The first kappa shape index (κ1) is 21.1. The molecule has 0 radical (unpaired) electrons. The molecule has 0 aromatic heterocycles. The minimum atomic E-state index is 0.0476. The summed E-state index contributed by atoms with van der Waals surface area (Å²) in [5.41, 5.74) is 2.01. The molecule has 0 aliphatic carbocycles. The van der Waals surface area contributed by atoms with Gasteiger partial charge in [-0.1, -0.05) is 42.5 Å². The number of para-hydroxylation sites is 1. The second-order valence-electron chi connectivity index (χ2n) is 7.09. The fraction of sp³-hybridized carbons (Fsp3) is 0.435. The number of benzene rings is 2. The molecule has 1 aliphatic heterocycles. The lowest BCUT2D eigenvalue weighted by molar-refractivity contribution is 0.152. The van der Waals surface area contributed by atoms with Crippen molar-refractivity contribution in [2.75, 3.05) is 45.9 Å². The fourth-order valence-corrected chi connectivity index (χ4v) is 3.44. The summed E-state index contributed by atoms with van der Waals surface area (Å²) in [6.45, 7) is 9.07. The Morgan fingerprint density at radius 2 is 1.69 bits per heavy atom. The van der Waals surface area contributed by atoms with Crippen molar-refractivity contribution in [2.24, 2.45) is 4.99 Å². The standard InChI is InChI=1S/C23H32N4O2/c1-2-24-23(25-18-20-8-6-7-9-21(20)19-28)27-14-12-26(13-15-27)16-17-29-22-10-4-3-5-11-22/h3-11,28H,2,12-19H2,1H3,(H,24,25). The third-order valence-electron chi connectivity index (χ3n) is 5.11. The molecule has 1 aliphatic rings. The van der Waals surface area contributed by atoms with Crippen LogP contribution in [0.15, 0.2) is 59.6 Å². The van der Waals surface area contributed by atoms with E-state index in [0.717, 1.165) is 62.1 Å². The number of rotatable bonds is 8. The molecule has 0 spiro atoms. The summed E-state index contributed by atoms with van der Waals surface area (Å²) in [6.07, 6.45) is 0. The van der Waals surface area contributed by atoms with E-state index in [4.69, 9.17) is 9.73 Å². The molecule has 2 aromatic rings. The number of aliphatic hydroxyl groups is 1. The van der Waals surface area contributed by atoms with Crippen LogP contribution in [0.3, 0.4) is 0 Å². The average Bonchev–Trinajstić information content (AvgIpc) is 2.78. The van der Waals surface area contributed by atoms with Crippen LogP contribution in [-0.4, -0.2) is 66.7 Å². The molecule has 0 saturated carbocycles. The highest BCUT2D eigenvalue weighted by Crippen LogP contribution is 2.11. The molecule has 0 unspecified atom stereocenters. The number of hydrogen-bond acceptors (Lipinski definition) is 4. The van der Waals surface area contributed by atoms with Crippen molar-refractivity contribution in [3.8, 4) is 5.75 Å². The number of ether oxygens (including phenoxy) is 1. The molecule has 0 amide bonds. The Kier molecular flexibility index (Phi) is 8.34. The number of nitrogens with zero attached hydrogens (tertiary/aromatic N) is 3. The maximum atomic E-state index is 9.52. The molecular weight excluding hydrogens is 364 g/mol. The van der Waals surface area contributed by atoms with E-state index in [2.05, 4.69) is 22.0 Å². The van der Waals surface area contributed by atoms with Crippen LogP contribution in [0.25, 0.3) is 0 Å². The first-order valence-electron chi connectivity index (χ1n) is 10.4. The van der Waals surface area contributed by atoms with Crippen molar-refractivity contribution in [3.05, 3.63) is 65.7 Å². The van der Waals surface area contributed by atoms with Crippen LogP contribution in [0, 0.1) is 0 Å². The third-order valence-corrected chi connectivity index (χ3v) is 5.11. The van der Waals surface area contributed by atoms with Crippen molar-refractivity contribution >= 4 is 5.96 Å². The quantitative estimate of drug-likeness (QED) is 0.530. The average molecular weight is 397 g/mol. The molecule has 2 aromatic carbocycles. The van der Waals surface area contributed by atoms with Gasteiger partial charge in [0.25, 0.3) is 0 Å². The van der Waals surface area contributed by atoms with Crippen molar-refractivity contribution in [3.63, 3.8) is 0 Å². The predicted molar refractivity (Wildman–Crippen MR) is 117 cm³/mol. The molecule has 156 valence electrons. The molecule has 0 bridgehead atoms. The van der Waals surface area contributed by atoms with Crippen LogP contribution in [0.1, 0.15) is 18.1 Å². The van der Waals surface area contributed by atoms with Crippen LogP contribution in [-0.2, 0) is 13.2 Å². The summed E-state index contributed by atoms with van der Waals surface area (Å²) in [4.78, 5) is 9.57. The molecule has 6 nitrogen and oxygen atoms in total. The number of hydrogen-bond donors (Lipinski definition) is 2. The van der Waals surface area contributed by atoms with Gasteiger partial charge in [-0.3, -0.25) is 4.90 Å². The van der Waals surface area contributed by atoms with Gasteiger partial charge < -0.3 is 20.1 Å². The third kappa shape index (κ3) is 6.48. The zero-order valence-electron chi connectivity index (χ0n) is 17.3. The fourth-order valence-electron chi connectivity index (χ4n) is 3.44. The van der Waals surface area contributed by atoms with Crippen LogP contribution in [0.4, 0.5) is 0 Å². The summed E-state index contributed by atoms with van der Waals surface area (Å²) < 4.78 is 5.82.